The Morgan fingerprint density at radius 2 is 1.94 bits per heavy atom. The lowest BCUT2D eigenvalue weighted by atomic mass is 9.86. The number of Topliss-reactive ketones (excluding diaryl/α,β-unsaturated/α-hetero) is 1. The van der Waals surface area contributed by atoms with Gasteiger partial charge < -0.3 is 10.1 Å². The van der Waals surface area contributed by atoms with Crippen LogP contribution in [0.1, 0.15) is 40.5 Å². The van der Waals surface area contributed by atoms with Crippen LogP contribution in [-0.4, -0.2) is 30.4 Å². The maximum Gasteiger partial charge on any atom is 0.407 e. The van der Waals surface area contributed by atoms with Crippen molar-refractivity contribution in [3.8, 4) is 0 Å². The quantitative estimate of drug-likeness (QED) is 0.750. The van der Waals surface area contributed by atoms with Gasteiger partial charge in [0.15, 0.2) is 0 Å². The van der Waals surface area contributed by atoms with Crippen LogP contribution in [0.15, 0.2) is 0 Å². The fourth-order valence-electron chi connectivity index (χ4n) is 1.58. The number of rotatable bonds is 6. The number of alkyl halides is 1. The molecule has 0 bridgehead atoms. The molecule has 0 aliphatic heterocycles. The highest BCUT2D eigenvalue weighted by atomic mass is 35.5. The number of carbonyl (C=O) groups is 2. The molecule has 1 N–H and O–H groups in total. The number of hydrogen-bond acceptors (Lipinski definition) is 3. The molecule has 17 heavy (non-hydrogen) atoms. The molecule has 0 rings (SSSR count). The lowest BCUT2D eigenvalue weighted by Gasteiger charge is -2.26. The average Bonchev–Trinajstić information content (AvgIpc) is 2.14. The fraction of sp³-hybridized carbons (Fsp3) is 0.833. The first-order chi connectivity index (χ1) is 7.78. The Morgan fingerprint density at radius 3 is 2.35 bits per heavy atom. The topological polar surface area (TPSA) is 55.4 Å². The first kappa shape index (κ1) is 16.2. The predicted molar refractivity (Wildman–Crippen MR) is 68.4 cm³/mol. The van der Waals surface area contributed by atoms with Gasteiger partial charge in [0, 0.05) is 12.5 Å². The summed E-state index contributed by atoms with van der Waals surface area (Å²) >= 11 is 5.47. The Hall–Kier alpha value is -0.770. The van der Waals surface area contributed by atoms with E-state index in [9.17, 15) is 9.59 Å². The summed E-state index contributed by atoms with van der Waals surface area (Å²) in [7, 11) is 0. The molecule has 0 radical (unpaired) electrons. The van der Waals surface area contributed by atoms with E-state index in [1.165, 1.54) is 0 Å². The van der Waals surface area contributed by atoms with Crippen molar-refractivity contribution in [1.29, 1.82) is 0 Å². The van der Waals surface area contributed by atoms with Gasteiger partial charge in [0.1, 0.15) is 5.78 Å². The average molecular weight is 264 g/mol. The first-order valence-electron chi connectivity index (χ1n) is 5.79. The van der Waals surface area contributed by atoms with E-state index >= 15 is 0 Å². The highest BCUT2D eigenvalue weighted by Crippen LogP contribution is 2.22. The van der Waals surface area contributed by atoms with Gasteiger partial charge in [-0.2, -0.15) is 0 Å². The minimum Gasteiger partial charge on any atom is -0.450 e. The van der Waals surface area contributed by atoms with E-state index in [-0.39, 0.29) is 29.5 Å². The molecule has 1 amide bonds. The largest absolute Gasteiger partial charge is 0.450 e. The molecule has 0 spiro atoms. The molecule has 0 saturated heterocycles. The predicted octanol–water partition coefficient (Wildman–Crippen LogP) is 2.74. The molecular weight excluding hydrogens is 242 g/mol. The zero-order valence-electron chi connectivity index (χ0n) is 11.0. The molecule has 0 saturated carbocycles. The van der Waals surface area contributed by atoms with Gasteiger partial charge in [0.2, 0.25) is 0 Å². The maximum atomic E-state index is 11.3. The van der Waals surface area contributed by atoms with E-state index < -0.39 is 6.09 Å². The molecule has 100 valence electrons. The molecular formula is C12H22ClNO3. The minimum absolute atomic E-state index is 0.0227. The van der Waals surface area contributed by atoms with Crippen molar-refractivity contribution in [1.82, 2.24) is 5.32 Å². The Morgan fingerprint density at radius 1 is 1.35 bits per heavy atom. The third-order valence-corrected chi connectivity index (χ3v) is 2.38. The highest BCUT2D eigenvalue weighted by Gasteiger charge is 2.22. The number of amides is 1. The molecule has 1 atom stereocenters. The monoisotopic (exact) mass is 263 g/mol. The van der Waals surface area contributed by atoms with Crippen molar-refractivity contribution in [2.75, 3.05) is 12.5 Å². The van der Waals surface area contributed by atoms with E-state index in [0.29, 0.717) is 13.0 Å². The SMILES string of the molecule is CCOC(=O)NC(CC(=O)CCl)CC(C)(C)C. The van der Waals surface area contributed by atoms with Gasteiger partial charge in [-0.05, 0) is 18.8 Å². The Labute approximate surface area is 108 Å². The van der Waals surface area contributed by atoms with Crippen molar-refractivity contribution in [3.05, 3.63) is 0 Å². The molecule has 1 unspecified atom stereocenters. The number of ether oxygens (including phenoxy) is 1. The summed E-state index contributed by atoms with van der Waals surface area (Å²) in [6.07, 6.45) is 0.470. The number of ketones is 1. The van der Waals surface area contributed by atoms with Crippen LogP contribution in [0, 0.1) is 5.41 Å². The van der Waals surface area contributed by atoms with Crippen LogP contribution in [-0.2, 0) is 9.53 Å². The molecule has 0 aromatic heterocycles. The maximum absolute atomic E-state index is 11.3. The summed E-state index contributed by atoms with van der Waals surface area (Å²) in [4.78, 5) is 22.7. The van der Waals surface area contributed by atoms with Crippen LogP contribution in [0.5, 0.6) is 0 Å². The van der Waals surface area contributed by atoms with E-state index in [1.54, 1.807) is 6.92 Å². The van der Waals surface area contributed by atoms with Crippen molar-refractivity contribution >= 4 is 23.5 Å². The van der Waals surface area contributed by atoms with Gasteiger partial charge in [-0.1, -0.05) is 20.8 Å². The lowest BCUT2D eigenvalue weighted by molar-refractivity contribution is -0.117. The molecule has 5 heteroatoms. The summed E-state index contributed by atoms with van der Waals surface area (Å²) in [5.74, 6) is -0.0942. The second-order valence-corrected chi connectivity index (χ2v) is 5.47. The minimum atomic E-state index is -0.482. The summed E-state index contributed by atoms with van der Waals surface area (Å²) in [6.45, 7) is 8.22. The molecule has 0 heterocycles. The van der Waals surface area contributed by atoms with Crippen LogP contribution < -0.4 is 5.32 Å². The van der Waals surface area contributed by atoms with Crippen LogP contribution >= 0.6 is 11.6 Å². The normalized spacial score (nSPS) is 13.0. The molecule has 0 aromatic rings. The van der Waals surface area contributed by atoms with Crippen molar-refractivity contribution in [2.24, 2.45) is 5.41 Å². The van der Waals surface area contributed by atoms with Crippen LogP contribution in [0.4, 0.5) is 4.79 Å². The molecule has 4 nitrogen and oxygen atoms in total. The summed E-state index contributed by atoms with van der Waals surface area (Å²) in [5, 5.41) is 2.70. The Bertz CT molecular complexity index is 261. The fourth-order valence-corrected chi connectivity index (χ4v) is 1.69. The van der Waals surface area contributed by atoms with Gasteiger partial charge in [-0.3, -0.25) is 4.79 Å². The smallest absolute Gasteiger partial charge is 0.407 e. The number of halogens is 1. The number of alkyl carbamates (subject to hydrolysis) is 1. The summed E-state index contributed by atoms with van der Waals surface area (Å²) in [5.41, 5.74) is 0.0246. The van der Waals surface area contributed by atoms with Crippen molar-refractivity contribution in [2.45, 2.75) is 46.6 Å². The highest BCUT2D eigenvalue weighted by molar-refractivity contribution is 6.27. The van der Waals surface area contributed by atoms with E-state index in [1.807, 2.05) is 0 Å². The van der Waals surface area contributed by atoms with E-state index in [2.05, 4.69) is 26.1 Å². The molecule has 0 fully saturated rings. The summed E-state index contributed by atoms with van der Waals surface area (Å²) < 4.78 is 4.81. The Kier molecular flexibility index (Phi) is 7.19. The van der Waals surface area contributed by atoms with Crippen LogP contribution in [0.3, 0.4) is 0 Å². The molecule has 0 aliphatic carbocycles. The van der Waals surface area contributed by atoms with Gasteiger partial charge in [0.25, 0.3) is 0 Å². The third kappa shape index (κ3) is 8.98. The summed E-state index contributed by atoms with van der Waals surface area (Å²) in [6, 6.07) is -0.222. The zero-order chi connectivity index (χ0) is 13.5. The third-order valence-electron chi connectivity index (χ3n) is 2.08. The van der Waals surface area contributed by atoms with Gasteiger partial charge >= 0.3 is 6.09 Å². The number of carbonyl (C=O) groups excluding carboxylic acids is 2. The second kappa shape index (κ2) is 7.54. The van der Waals surface area contributed by atoms with E-state index in [4.69, 9.17) is 16.3 Å². The number of nitrogens with one attached hydrogen (secondary N) is 1. The standard InChI is InChI=1S/C12H22ClNO3/c1-5-17-11(16)14-9(6-10(15)8-13)7-12(2,3)4/h9H,5-8H2,1-4H3,(H,14,16). The van der Waals surface area contributed by atoms with Crippen LogP contribution in [0.2, 0.25) is 0 Å². The Balaban J connectivity index is 4.39. The van der Waals surface area contributed by atoms with Crippen LogP contribution in [0.25, 0.3) is 0 Å². The first-order valence-corrected chi connectivity index (χ1v) is 6.33. The number of hydrogen-bond donors (Lipinski definition) is 1. The van der Waals surface area contributed by atoms with Crippen molar-refractivity contribution in [3.63, 3.8) is 0 Å². The van der Waals surface area contributed by atoms with Gasteiger partial charge in [0.05, 0.1) is 12.5 Å². The van der Waals surface area contributed by atoms with Gasteiger partial charge in [-0.15, -0.1) is 11.6 Å². The molecule has 0 aromatic carbocycles. The lowest BCUT2D eigenvalue weighted by Crippen LogP contribution is -2.39. The van der Waals surface area contributed by atoms with Crippen molar-refractivity contribution < 1.29 is 14.3 Å². The van der Waals surface area contributed by atoms with Gasteiger partial charge in [-0.25, -0.2) is 4.79 Å². The molecule has 0 aliphatic rings. The van der Waals surface area contributed by atoms with E-state index in [0.717, 1.165) is 0 Å². The zero-order valence-corrected chi connectivity index (χ0v) is 11.8. The second-order valence-electron chi connectivity index (χ2n) is 5.20.